The van der Waals surface area contributed by atoms with Crippen LogP contribution >= 0.6 is 0 Å². The van der Waals surface area contributed by atoms with Gasteiger partial charge in [-0.1, -0.05) is 13.8 Å². The Hall–Kier alpha value is -3.31. The number of hydrogen-bond acceptors (Lipinski definition) is 10. The molecule has 3 aromatic rings. The van der Waals surface area contributed by atoms with E-state index in [2.05, 4.69) is 15.3 Å². The highest BCUT2D eigenvalue weighted by Crippen LogP contribution is 2.37. The van der Waals surface area contributed by atoms with Crippen molar-refractivity contribution in [2.75, 3.05) is 18.2 Å². The lowest BCUT2D eigenvalue weighted by atomic mass is 9.85. The van der Waals surface area contributed by atoms with Gasteiger partial charge in [-0.3, -0.25) is 0 Å². The number of carbonyl (C=O) groups is 1. The highest BCUT2D eigenvalue weighted by Gasteiger charge is 2.38. The molecular formula is C26H31N5O5S. The Morgan fingerprint density at radius 2 is 1.86 bits per heavy atom. The van der Waals surface area contributed by atoms with Crippen LogP contribution in [0.15, 0.2) is 30.6 Å². The summed E-state index contributed by atoms with van der Waals surface area (Å²) in [5.41, 5.74) is 7.30. The first kappa shape index (κ1) is 25.3. The average molecular weight is 526 g/mol. The van der Waals surface area contributed by atoms with Gasteiger partial charge in [-0.15, -0.1) is 0 Å². The minimum atomic E-state index is -3.08. The number of cyclic esters (lactones) is 1. The van der Waals surface area contributed by atoms with Gasteiger partial charge in [-0.2, -0.15) is 0 Å². The number of nitrogens with one attached hydrogen (secondary N) is 1. The van der Waals surface area contributed by atoms with Gasteiger partial charge in [0.2, 0.25) is 5.88 Å². The first-order valence-electron chi connectivity index (χ1n) is 12.1. The lowest BCUT2D eigenvalue weighted by molar-refractivity contribution is 0.0366. The summed E-state index contributed by atoms with van der Waals surface area (Å²) in [6, 6.07) is 5.30. The van der Waals surface area contributed by atoms with Crippen molar-refractivity contribution in [1.82, 2.24) is 15.0 Å². The molecule has 0 amide bonds. The summed E-state index contributed by atoms with van der Waals surface area (Å²) in [5, 5.41) is 4.36. The number of ether oxygens (including phenoxy) is 2. The van der Waals surface area contributed by atoms with Crippen molar-refractivity contribution in [3.05, 3.63) is 47.4 Å². The zero-order chi connectivity index (χ0) is 26.8. The molecule has 4 heterocycles. The van der Waals surface area contributed by atoms with Crippen LogP contribution < -0.4 is 15.8 Å². The SMILES string of the molecule is CC(C)(N)c1cnc(OC2CC(S(C)(=O)=O)C2)c2cnc(Nc3ccc4c(n3)C(C)(C)COC4=O)cc12. The summed E-state index contributed by atoms with van der Waals surface area (Å²) in [4.78, 5) is 25.9. The number of fused-ring (bicyclic) bond motifs is 2. The molecule has 0 radical (unpaired) electrons. The molecule has 5 rings (SSSR count). The fraction of sp³-hybridized carbons (Fsp3) is 0.462. The number of aromatic nitrogens is 3. The molecule has 3 aromatic heterocycles. The maximum absolute atomic E-state index is 12.2. The van der Waals surface area contributed by atoms with Crippen molar-refractivity contribution in [3.8, 4) is 5.88 Å². The summed E-state index contributed by atoms with van der Waals surface area (Å²) in [6.45, 7) is 8.01. The van der Waals surface area contributed by atoms with Crippen molar-refractivity contribution in [1.29, 1.82) is 0 Å². The van der Waals surface area contributed by atoms with Crippen LogP contribution in [0.1, 0.15) is 62.2 Å². The Morgan fingerprint density at radius 1 is 1.14 bits per heavy atom. The maximum atomic E-state index is 12.2. The number of anilines is 2. The standard InChI is InChI=1S/C26H31N5O5S/c1-25(2)13-35-24(32)16-6-7-20(31-22(16)25)30-21-10-17-18(11-28-21)23(29-12-19(17)26(3,4)27)36-14-8-15(9-14)37(5,33)34/h6-7,10-12,14-15H,8-9,13,27H2,1-5H3,(H,28,30,31). The number of sulfone groups is 1. The molecule has 11 heteroatoms. The fourth-order valence-electron chi connectivity index (χ4n) is 4.64. The van der Waals surface area contributed by atoms with E-state index in [4.69, 9.17) is 20.2 Å². The lowest BCUT2D eigenvalue weighted by Gasteiger charge is -2.34. The summed E-state index contributed by atoms with van der Waals surface area (Å²) in [6.07, 6.45) is 5.27. The van der Waals surface area contributed by atoms with E-state index in [9.17, 15) is 13.2 Å². The number of nitrogens with two attached hydrogens (primary N) is 1. The number of nitrogens with zero attached hydrogens (tertiary/aromatic N) is 3. The molecule has 1 aliphatic heterocycles. The summed E-state index contributed by atoms with van der Waals surface area (Å²) >= 11 is 0. The van der Waals surface area contributed by atoms with E-state index < -0.39 is 20.8 Å². The smallest absolute Gasteiger partial charge is 0.340 e. The van der Waals surface area contributed by atoms with Gasteiger partial charge < -0.3 is 20.5 Å². The molecule has 3 N–H and O–H groups in total. The van der Waals surface area contributed by atoms with Crippen molar-refractivity contribution < 1.29 is 22.7 Å². The molecule has 2 aliphatic rings. The third-order valence-electron chi connectivity index (χ3n) is 6.94. The van der Waals surface area contributed by atoms with Crippen LogP contribution in [0.2, 0.25) is 0 Å². The Labute approximate surface area is 215 Å². The van der Waals surface area contributed by atoms with Crippen molar-refractivity contribution in [2.24, 2.45) is 5.73 Å². The highest BCUT2D eigenvalue weighted by atomic mass is 32.2. The molecule has 0 unspecified atom stereocenters. The molecule has 0 aromatic carbocycles. The molecule has 0 spiro atoms. The highest BCUT2D eigenvalue weighted by molar-refractivity contribution is 7.91. The van der Waals surface area contributed by atoms with Gasteiger partial charge in [0.25, 0.3) is 0 Å². The second-order valence-electron chi connectivity index (χ2n) is 11.2. The molecule has 0 atom stereocenters. The average Bonchev–Trinajstić information content (AvgIpc) is 2.77. The normalized spacial score (nSPS) is 21.1. The lowest BCUT2D eigenvalue weighted by Crippen LogP contribution is -2.42. The molecular weight excluding hydrogens is 494 g/mol. The van der Waals surface area contributed by atoms with E-state index >= 15 is 0 Å². The quantitative estimate of drug-likeness (QED) is 0.459. The third kappa shape index (κ3) is 4.85. The second kappa shape index (κ2) is 8.63. The maximum Gasteiger partial charge on any atom is 0.340 e. The van der Waals surface area contributed by atoms with Gasteiger partial charge in [0.15, 0.2) is 9.84 Å². The van der Waals surface area contributed by atoms with E-state index in [0.29, 0.717) is 47.0 Å². The molecule has 1 aliphatic carbocycles. The molecule has 196 valence electrons. The van der Waals surface area contributed by atoms with Crippen molar-refractivity contribution >= 4 is 38.2 Å². The van der Waals surface area contributed by atoms with Crippen LogP contribution in [0, 0.1) is 0 Å². The Bertz CT molecular complexity index is 1510. The minimum absolute atomic E-state index is 0.222. The first-order valence-corrected chi connectivity index (χ1v) is 14.1. The van der Waals surface area contributed by atoms with Crippen molar-refractivity contribution in [3.63, 3.8) is 0 Å². The van der Waals surface area contributed by atoms with Gasteiger partial charge in [0, 0.05) is 42.4 Å². The van der Waals surface area contributed by atoms with Crippen LogP contribution in [0.5, 0.6) is 5.88 Å². The van der Waals surface area contributed by atoms with Gasteiger partial charge in [0.1, 0.15) is 24.3 Å². The molecule has 1 fully saturated rings. The predicted octanol–water partition coefficient (Wildman–Crippen LogP) is 3.36. The predicted molar refractivity (Wildman–Crippen MR) is 140 cm³/mol. The minimum Gasteiger partial charge on any atom is -0.474 e. The summed E-state index contributed by atoms with van der Waals surface area (Å²) < 4.78 is 34.9. The number of pyridine rings is 3. The first-order chi connectivity index (χ1) is 17.2. The molecule has 37 heavy (non-hydrogen) atoms. The Kier molecular flexibility index (Phi) is 5.91. The molecule has 0 bridgehead atoms. The van der Waals surface area contributed by atoms with Crippen LogP contribution in [-0.4, -0.2) is 53.6 Å². The van der Waals surface area contributed by atoms with Crippen LogP contribution in [-0.2, 0) is 25.5 Å². The Morgan fingerprint density at radius 3 is 2.54 bits per heavy atom. The fourth-order valence-corrected chi connectivity index (χ4v) is 5.77. The molecule has 1 saturated carbocycles. The van der Waals surface area contributed by atoms with Crippen molar-refractivity contribution in [2.45, 2.75) is 62.8 Å². The number of carbonyl (C=O) groups excluding carboxylic acids is 1. The zero-order valence-corrected chi connectivity index (χ0v) is 22.3. The van der Waals surface area contributed by atoms with E-state index in [0.717, 1.165) is 10.9 Å². The van der Waals surface area contributed by atoms with E-state index in [1.807, 2.05) is 33.8 Å². The van der Waals surface area contributed by atoms with E-state index in [-0.39, 0.29) is 23.9 Å². The van der Waals surface area contributed by atoms with Gasteiger partial charge in [0.05, 0.1) is 21.9 Å². The summed E-state index contributed by atoms with van der Waals surface area (Å²) in [7, 11) is -3.08. The zero-order valence-electron chi connectivity index (χ0n) is 21.5. The van der Waals surface area contributed by atoms with Crippen LogP contribution in [0.4, 0.5) is 11.6 Å². The third-order valence-corrected chi connectivity index (χ3v) is 8.54. The number of esters is 1. The van der Waals surface area contributed by atoms with Gasteiger partial charge in [-0.25, -0.2) is 28.2 Å². The van der Waals surface area contributed by atoms with Crippen LogP contribution in [0.25, 0.3) is 10.8 Å². The van der Waals surface area contributed by atoms with Crippen LogP contribution in [0.3, 0.4) is 0 Å². The second-order valence-corrected chi connectivity index (χ2v) is 13.5. The summed E-state index contributed by atoms with van der Waals surface area (Å²) in [5.74, 6) is 1.11. The molecule has 0 saturated heterocycles. The number of rotatable bonds is 6. The number of hydrogen-bond donors (Lipinski definition) is 2. The molecule has 10 nitrogen and oxygen atoms in total. The monoisotopic (exact) mass is 525 g/mol. The van der Waals surface area contributed by atoms with Gasteiger partial charge in [-0.05, 0) is 43.0 Å². The van der Waals surface area contributed by atoms with E-state index in [1.54, 1.807) is 24.5 Å². The Balaban J connectivity index is 1.48. The topological polar surface area (TPSA) is 146 Å². The largest absolute Gasteiger partial charge is 0.474 e. The van der Waals surface area contributed by atoms with E-state index in [1.165, 1.54) is 6.26 Å². The van der Waals surface area contributed by atoms with Gasteiger partial charge >= 0.3 is 5.97 Å².